The minimum Gasteiger partial charge on any atom is -0.331 e. The molecule has 2 rings (SSSR count). The largest absolute Gasteiger partial charge is 0.331 e. The Morgan fingerprint density at radius 1 is 1.38 bits per heavy atom. The summed E-state index contributed by atoms with van der Waals surface area (Å²) in [4.78, 5) is 25.5. The summed E-state index contributed by atoms with van der Waals surface area (Å²) in [5.41, 5.74) is 1.91. The predicted octanol–water partition coefficient (Wildman–Crippen LogP) is 1.75. The number of nitrogens with zero attached hydrogens (tertiary/aromatic N) is 1. The monoisotopic (exact) mass is 289 g/mol. The number of rotatable bonds is 5. The maximum atomic E-state index is 12.3. The molecule has 0 radical (unpaired) electrons. The molecule has 0 aromatic heterocycles. The number of carbonyl (C=O) groups is 2. The molecule has 114 valence electrons. The van der Waals surface area contributed by atoms with Crippen LogP contribution in [-0.2, 0) is 16.1 Å². The molecule has 1 saturated heterocycles. The van der Waals surface area contributed by atoms with E-state index >= 15 is 0 Å². The number of carbonyl (C=O) groups excluding carboxylic acids is 2. The van der Waals surface area contributed by atoms with Crippen LogP contribution in [0.2, 0.25) is 0 Å². The normalized spacial score (nSPS) is 17.8. The third-order valence-corrected chi connectivity index (χ3v) is 3.73. The van der Waals surface area contributed by atoms with Crippen LogP contribution in [0.15, 0.2) is 24.3 Å². The van der Waals surface area contributed by atoms with E-state index in [9.17, 15) is 9.59 Å². The Kier molecular flexibility index (Phi) is 5.33. The Morgan fingerprint density at radius 2 is 2.19 bits per heavy atom. The number of hydrogen-bond donors (Lipinski definition) is 2. The smallest absolute Gasteiger partial charge is 0.247 e. The molecule has 5 nitrogen and oxygen atoms in total. The minimum absolute atomic E-state index is 0.0338. The van der Waals surface area contributed by atoms with Gasteiger partial charge in [-0.05, 0) is 37.1 Å². The molecule has 1 unspecified atom stereocenters. The highest BCUT2D eigenvalue weighted by molar-refractivity contribution is 5.97. The molecule has 0 spiro atoms. The number of hydrogen-bond acceptors (Lipinski definition) is 3. The maximum absolute atomic E-state index is 12.3. The first-order valence-electron chi connectivity index (χ1n) is 7.49. The molecule has 1 aliphatic rings. The van der Waals surface area contributed by atoms with Crippen LogP contribution in [0, 0.1) is 0 Å². The molecule has 5 heteroatoms. The van der Waals surface area contributed by atoms with Crippen molar-refractivity contribution in [2.45, 2.75) is 39.3 Å². The Balaban J connectivity index is 2.00. The predicted molar refractivity (Wildman–Crippen MR) is 82.9 cm³/mol. The first kappa shape index (κ1) is 15.5. The van der Waals surface area contributed by atoms with Crippen molar-refractivity contribution in [2.24, 2.45) is 0 Å². The first-order valence-corrected chi connectivity index (χ1v) is 7.49. The van der Waals surface area contributed by atoms with E-state index in [0.717, 1.165) is 37.2 Å². The van der Waals surface area contributed by atoms with Gasteiger partial charge in [-0.3, -0.25) is 9.59 Å². The van der Waals surface area contributed by atoms with Crippen molar-refractivity contribution < 1.29 is 9.59 Å². The van der Waals surface area contributed by atoms with Gasteiger partial charge in [0.25, 0.3) is 0 Å². The standard InChI is InChI=1S/C16H23N3O2/c1-3-17-11-13-6-4-7-14(10-13)18-16(21)15-8-5-9-19(15)12(2)20/h4,6-7,10,15,17H,3,5,8-9,11H2,1-2H3,(H,18,21). The Hall–Kier alpha value is -1.88. The minimum atomic E-state index is -0.333. The summed E-state index contributed by atoms with van der Waals surface area (Å²) in [7, 11) is 0. The van der Waals surface area contributed by atoms with E-state index in [0.29, 0.717) is 6.54 Å². The van der Waals surface area contributed by atoms with Gasteiger partial charge in [-0.2, -0.15) is 0 Å². The van der Waals surface area contributed by atoms with Gasteiger partial charge in [0.1, 0.15) is 6.04 Å². The average Bonchev–Trinajstić information content (AvgIpc) is 2.95. The van der Waals surface area contributed by atoms with Crippen LogP contribution >= 0.6 is 0 Å². The van der Waals surface area contributed by atoms with Crippen molar-refractivity contribution >= 4 is 17.5 Å². The fourth-order valence-electron chi connectivity index (χ4n) is 2.67. The zero-order chi connectivity index (χ0) is 15.2. The maximum Gasteiger partial charge on any atom is 0.247 e. The molecule has 0 aliphatic carbocycles. The second-order valence-electron chi connectivity index (χ2n) is 5.34. The molecule has 21 heavy (non-hydrogen) atoms. The van der Waals surface area contributed by atoms with Crippen molar-refractivity contribution in [1.29, 1.82) is 0 Å². The second kappa shape index (κ2) is 7.22. The number of likely N-dealkylation sites (tertiary alicyclic amines) is 1. The molecule has 1 aromatic rings. The molecule has 0 bridgehead atoms. The molecule has 1 heterocycles. The number of nitrogens with one attached hydrogen (secondary N) is 2. The molecular weight excluding hydrogens is 266 g/mol. The quantitative estimate of drug-likeness (QED) is 0.868. The molecule has 1 atom stereocenters. The van der Waals surface area contributed by atoms with Gasteiger partial charge >= 0.3 is 0 Å². The summed E-state index contributed by atoms with van der Waals surface area (Å²) in [6.45, 7) is 5.94. The van der Waals surface area contributed by atoms with E-state index in [4.69, 9.17) is 0 Å². The lowest BCUT2D eigenvalue weighted by Gasteiger charge is -2.22. The van der Waals surface area contributed by atoms with E-state index in [1.54, 1.807) is 4.90 Å². The SMILES string of the molecule is CCNCc1cccc(NC(=O)C2CCCN2C(C)=O)c1. The van der Waals surface area contributed by atoms with Crippen LogP contribution in [0.5, 0.6) is 0 Å². The summed E-state index contributed by atoms with van der Waals surface area (Å²) >= 11 is 0. The molecule has 1 fully saturated rings. The fraction of sp³-hybridized carbons (Fsp3) is 0.500. The van der Waals surface area contributed by atoms with Crippen LogP contribution in [0.3, 0.4) is 0 Å². The zero-order valence-corrected chi connectivity index (χ0v) is 12.7. The van der Waals surface area contributed by atoms with E-state index in [1.165, 1.54) is 6.92 Å². The molecule has 0 saturated carbocycles. The van der Waals surface area contributed by atoms with Gasteiger partial charge < -0.3 is 15.5 Å². The fourth-order valence-corrected chi connectivity index (χ4v) is 2.67. The molecule has 2 amide bonds. The summed E-state index contributed by atoms with van der Waals surface area (Å²) < 4.78 is 0. The molecule has 1 aromatic carbocycles. The lowest BCUT2D eigenvalue weighted by atomic mass is 10.1. The van der Waals surface area contributed by atoms with Gasteiger partial charge in [-0.1, -0.05) is 19.1 Å². The van der Waals surface area contributed by atoms with Gasteiger partial charge in [-0.15, -0.1) is 0 Å². The highest BCUT2D eigenvalue weighted by Crippen LogP contribution is 2.19. The van der Waals surface area contributed by atoms with Crippen molar-refractivity contribution in [3.05, 3.63) is 29.8 Å². The Bertz CT molecular complexity index is 516. The number of anilines is 1. The Labute approximate surface area is 125 Å². The van der Waals surface area contributed by atoms with Crippen molar-refractivity contribution in [3.63, 3.8) is 0 Å². The van der Waals surface area contributed by atoms with E-state index in [1.807, 2.05) is 24.3 Å². The van der Waals surface area contributed by atoms with Crippen LogP contribution in [0.4, 0.5) is 5.69 Å². The average molecular weight is 289 g/mol. The third kappa shape index (κ3) is 4.04. The van der Waals surface area contributed by atoms with Gasteiger partial charge in [0, 0.05) is 25.7 Å². The zero-order valence-electron chi connectivity index (χ0n) is 12.7. The molecular formula is C16H23N3O2. The lowest BCUT2D eigenvalue weighted by molar-refractivity contribution is -0.134. The molecule has 2 N–H and O–H groups in total. The summed E-state index contributed by atoms with van der Waals surface area (Å²) in [5.74, 6) is -0.128. The van der Waals surface area contributed by atoms with Crippen LogP contribution in [0.25, 0.3) is 0 Å². The second-order valence-corrected chi connectivity index (χ2v) is 5.34. The van der Waals surface area contributed by atoms with Crippen molar-refractivity contribution in [3.8, 4) is 0 Å². The van der Waals surface area contributed by atoms with Crippen LogP contribution in [0.1, 0.15) is 32.3 Å². The summed E-state index contributed by atoms with van der Waals surface area (Å²) in [5, 5.41) is 6.18. The van der Waals surface area contributed by atoms with Gasteiger partial charge in [-0.25, -0.2) is 0 Å². The summed E-state index contributed by atoms with van der Waals surface area (Å²) in [6, 6.07) is 7.46. The lowest BCUT2D eigenvalue weighted by Crippen LogP contribution is -2.42. The van der Waals surface area contributed by atoms with Gasteiger partial charge in [0.15, 0.2) is 0 Å². The van der Waals surface area contributed by atoms with Crippen molar-refractivity contribution in [2.75, 3.05) is 18.4 Å². The highest BCUT2D eigenvalue weighted by Gasteiger charge is 2.32. The van der Waals surface area contributed by atoms with Gasteiger partial charge in [0.2, 0.25) is 11.8 Å². The van der Waals surface area contributed by atoms with Crippen LogP contribution < -0.4 is 10.6 Å². The summed E-state index contributed by atoms with van der Waals surface area (Å²) in [6.07, 6.45) is 1.63. The van der Waals surface area contributed by atoms with Crippen LogP contribution in [-0.4, -0.2) is 35.8 Å². The number of benzene rings is 1. The Morgan fingerprint density at radius 3 is 2.90 bits per heavy atom. The van der Waals surface area contributed by atoms with E-state index in [-0.39, 0.29) is 17.9 Å². The van der Waals surface area contributed by atoms with E-state index in [2.05, 4.69) is 17.6 Å². The number of amides is 2. The van der Waals surface area contributed by atoms with Gasteiger partial charge in [0.05, 0.1) is 0 Å². The third-order valence-electron chi connectivity index (χ3n) is 3.73. The highest BCUT2D eigenvalue weighted by atomic mass is 16.2. The molecule has 1 aliphatic heterocycles. The van der Waals surface area contributed by atoms with E-state index < -0.39 is 0 Å². The van der Waals surface area contributed by atoms with Crippen molar-refractivity contribution in [1.82, 2.24) is 10.2 Å². The topological polar surface area (TPSA) is 61.4 Å². The first-order chi connectivity index (χ1) is 10.1.